The van der Waals surface area contributed by atoms with Gasteiger partial charge >= 0.3 is 0 Å². The third-order valence-corrected chi connectivity index (χ3v) is 3.83. The number of hydrogen-bond donors (Lipinski definition) is 2. The van der Waals surface area contributed by atoms with E-state index in [1.807, 2.05) is 52.4 Å². The Morgan fingerprint density at radius 2 is 1.86 bits per heavy atom. The summed E-state index contributed by atoms with van der Waals surface area (Å²) in [6.07, 6.45) is 0. The number of hydrogen-bond acceptors (Lipinski definition) is 4. The third kappa shape index (κ3) is 5.13. The molecule has 0 atom stereocenters. The molecule has 2 N–H and O–H groups in total. The molecule has 122 valence electrons. The van der Waals surface area contributed by atoms with Crippen molar-refractivity contribution < 1.29 is 9.90 Å². The van der Waals surface area contributed by atoms with Crippen molar-refractivity contribution in [3.8, 4) is 5.75 Å². The van der Waals surface area contributed by atoms with Crippen LogP contribution in [-0.4, -0.2) is 25.0 Å². The van der Waals surface area contributed by atoms with Crippen LogP contribution in [0.2, 0.25) is 0 Å². The van der Waals surface area contributed by atoms with Crippen molar-refractivity contribution in [2.75, 3.05) is 14.1 Å². The van der Waals surface area contributed by atoms with Crippen LogP contribution in [0.3, 0.4) is 0 Å². The van der Waals surface area contributed by atoms with Gasteiger partial charge in [-0.1, -0.05) is 19.9 Å². The molecule has 1 heterocycles. The number of ketones is 1. The highest BCUT2D eigenvalue weighted by molar-refractivity contribution is 7.12. The second-order valence-electron chi connectivity index (χ2n) is 5.19. The molecule has 0 spiro atoms. The fourth-order valence-electron chi connectivity index (χ4n) is 1.93. The van der Waals surface area contributed by atoms with Crippen molar-refractivity contribution in [1.82, 2.24) is 5.32 Å². The Morgan fingerprint density at radius 3 is 2.32 bits per heavy atom. The van der Waals surface area contributed by atoms with Crippen molar-refractivity contribution >= 4 is 29.5 Å². The highest BCUT2D eigenvalue weighted by Gasteiger charge is 2.16. The maximum Gasteiger partial charge on any atom is 0.202 e. The number of rotatable bonds is 3. The quantitative estimate of drug-likeness (QED) is 0.815. The molecule has 0 bridgehead atoms. The lowest BCUT2D eigenvalue weighted by Crippen LogP contribution is -2.02. The van der Waals surface area contributed by atoms with Crippen molar-refractivity contribution in [3.05, 3.63) is 51.2 Å². The molecule has 22 heavy (non-hydrogen) atoms. The molecule has 0 saturated heterocycles. The van der Waals surface area contributed by atoms with E-state index in [4.69, 9.17) is 0 Å². The van der Waals surface area contributed by atoms with Gasteiger partial charge in [0, 0.05) is 5.56 Å². The van der Waals surface area contributed by atoms with E-state index in [2.05, 4.69) is 5.32 Å². The number of aryl methyl sites for hydroxylation is 1. The van der Waals surface area contributed by atoms with E-state index >= 15 is 0 Å². The number of phenolic OH excluding ortho intramolecular Hbond substituents is 1. The molecule has 1 aromatic heterocycles. The van der Waals surface area contributed by atoms with Gasteiger partial charge in [-0.15, -0.1) is 23.7 Å². The number of halogens is 1. The average Bonchev–Trinajstić information content (AvgIpc) is 2.95. The van der Waals surface area contributed by atoms with Gasteiger partial charge in [0.15, 0.2) is 0 Å². The van der Waals surface area contributed by atoms with Crippen LogP contribution in [0.25, 0.3) is 0 Å². The second-order valence-corrected chi connectivity index (χ2v) is 6.14. The fraction of sp³-hybridized carbons (Fsp3) is 0.353. The minimum absolute atomic E-state index is 0. The van der Waals surface area contributed by atoms with E-state index in [-0.39, 0.29) is 24.1 Å². The van der Waals surface area contributed by atoms with E-state index in [1.165, 1.54) is 11.3 Å². The van der Waals surface area contributed by atoms with Gasteiger partial charge in [0.25, 0.3) is 0 Å². The average molecular weight is 342 g/mol. The molecule has 0 amide bonds. The second kappa shape index (κ2) is 9.62. The van der Waals surface area contributed by atoms with Crippen LogP contribution < -0.4 is 5.32 Å². The van der Waals surface area contributed by atoms with Crippen LogP contribution in [-0.2, 0) is 0 Å². The molecule has 5 heteroatoms. The molecule has 0 aliphatic heterocycles. The summed E-state index contributed by atoms with van der Waals surface area (Å²) in [6.45, 7) is 5.84. The SMILES string of the molecule is CNC.Cc1cc(C(=O)c2cccs2)cc(C(C)C)c1O.Cl. The van der Waals surface area contributed by atoms with Gasteiger partial charge in [-0.25, -0.2) is 0 Å². The number of aromatic hydroxyl groups is 1. The Kier molecular flexibility index (Phi) is 9.02. The van der Waals surface area contributed by atoms with Crippen molar-refractivity contribution in [3.63, 3.8) is 0 Å². The maximum absolute atomic E-state index is 12.3. The first-order chi connectivity index (χ1) is 9.92. The minimum atomic E-state index is 0. The summed E-state index contributed by atoms with van der Waals surface area (Å²) >= 11 is 1.44. The maximum atomic E-state index is 12.3. The van der Waals surface area contributed by atoms with Crippen LogP contribution >= 0.6 is 23.7 Å². The zero-order valence-corrected chi connectivity index (χ0v) is 15.3. The first-order valence-corrected chi connectivity index (χ1v) is 7.80. The lowest BCUT2D eigenvalue weighted by molar-refractivity contribution is 0.104. The third-order valence-electron chi connectivity index (χ3n) is 2.96. The monoisotopic (exact) mass is 341 g/mol. The van der Waals surface area contributed by atoms with E-state index in [1.54, 1.807) is 12.1 Å². The molecule has 1 aromatic carbocycles. The minimum Gasteiger partial charge on any atom is -0.507 e. The number of thiophene rings is 1. The van der Waals surface area contributed by atoms with Gasteiger partial charge in [-0.3, -0.25) is 4.79 Å². The van der Waals surface area contributed by atoms with Crippen LogP contribution in [0.5, 0.6) is 5.75 Å². The summed E-state index contributed by atoms with van der Waals surface area (Å²) in [5, 5.41) is 14.6. The highest BCUT2D eigenvalue weighted by Crippen LogP contribution is 2.31. The molecular weight excluding hydrogens is 318 g/mol. The van der Waals surface area contributed by atoms with Gasteiger partial charge in [-0.05, 0) is 61.6 Å². The first-order valence-electron chi connectivity index (χ1n) is 6.92. The number of phenols is 1. The van der Waals surface area contributed by atoms with Gasteiger partial charge in [-0.2, -0.15) is 0 Å². The molecule has 2 rings (SSSR count). The summed E-state index contributed by atoms with van der Waals surface area (Å²) in [5.41, 5.74) is 2.23. The summed E-state index contributed by atoms with van der Waals surface area (Å²) < 4.78 is 0. The highest BCUT2D eigenvalue weighted by atomic mass is 35.5. The summed E-state index contributed by atoms with van der Waals surface area (Å²) in [7, 11) is 3.75. The summed E-state index contributed by atoms with van der Waals surface area (Å²) in [6, 6.07) is 7.25. The van der Waals surface area contributed by atoms with E-state index in [0.717, 1.165) is 16.0 Å². The fourth-order valence-corrected chi connectivity index (χ4v) is 2.61. The molecule has 0 aliphatic rings. The number of carbonyl (C=O) groups excluding carboxylic acids is 1. The summed E-state index contributed by atoms with van der Waals surface area (Å²) in [5.74, 6) is 0.516. The van der Waals surface area contributed by atoms with E-state index in [0.29, 0.717) is 11.3 Å². The molecule has 0 unspecified atom stereocenters. The van der Waals surface area contributed by atoms with Gasteiger partial charge in [0.1, 0.15) is 5.75 Å². The predicted octanol–water partition coefficient (Wildman–Crippen LogP) is 4.37. The lowest BCUT2D eigenvalue weighted by atomic mass is 9.95. The lowest BCUT2D eigenvalue weighted by Gasteiger charge is -2.12. The molecular formula is C17H24ClNO2S. The van der Waals surface area contributed by atoms with Gasteiger partial charge in [0.05, 0.1) is 4.88 Å². The number of carbonyl (C=O) groups is 1. The molecule has 0 radical (unpaired) electrons. The first kappa shape index (κ1) is 20.6. The normalized spacial score (nSPS) is 9.73. The van der Waals surface area contributed by atoms with Crippen LogP contribution in [0.4, 0.5) is 0 Å². The van der Waals surface area contributed by atoms with E-state index < -0.39 is 0 Å². The standard InChI is InChI=1S/C15H16O2S.C2H7N.ClH/c1-9(2)12-8-11(7-10(3)14(12)16)15(17)13-5-4-6-18-13;1-3-2;/h4-9,16H,1-3H3;3H,1-2H3;1H. The van der Waals surface area contributed by atoms with Crippen molar-refractivity contribution in [2.45, 2.75) is 26.7 Å². The smallest absolute Gasteiger partial charge is 0.202 e. The topological polar surface area (TPSA) is 49.3 Å². The molecule has 0 fully saturated rings. The Morgan fingerprint density at radius 1 is 1.27 bits per heavy atom. The molecule has 0 saturated carbocycles. The van der Waals surface area contributed by atoms with Crippen LogP contribution in [0, 0.1) is 6.92 Å². The van der Waals surface area contributed by atoms with Crippen LogP contribution in [0.1, 0.15) is 46.1 Å². The number of nitrogens with one attached hydrogen (secondary N) is 1. The van der Waals surface area contributed by atoms with Crippen LogP contribution in [0.15, 0.2) is 29.6 Å². The largest absolute Gasteiger partial charge is 0.507 e. The molecule has 3 nitrogen and oxygen atoms in total. The Balaban J connectivity index is 0.00000102. The molecule has 2 aromatic rings. The Bertz CT molecular complexity index is 595. The van der Waals surface area contributed by atoms with Gasteiger partial charge < -0.3 is 10.4 Å². The van der Waals surface area contributed by atoms with E-state index in [9.17, 15) is 9.90 Å². The number of benzene rings is 1. The Hall–Kier alpha value is -1.36. The predicted molar refractivity (Wildman–Crippen MR) is 96.9 cm³/mol. The zero-order valence-electron chi connectivity index (χ0n) is 13.6. The van der Waals surface area contributed by atoms with Gasteiger partial charge in [0.2, 0.25) is 5.78 Å². The van der Waals surface area contributed by atoms with Crippen molar-refractivity contribution in [2.24, 2.45) is 0 Å². The zero-order chi connectivity index (χ0) is 16.0. The summed E-state index contributed by atoms with van der Waals surface area (Å²) in [4.78, 5) is 13.0. The molecule has 0 aliphatic carbocycles. The van der Waals surface area contributed by atoms with Crippen molar-refractivity contribution in [1.29, 1.82) is 0 Å². The Labute approximate surface area is 142 Å².